The molecular weight excluding hydrogens is 261 g/mol. The van der Waals surface area contributed by atoms with Crippen molar-refractivity contribution < 1.29 is 17.9 Å². The topological polar surface area (TPSA) is 73.1 Å². The molecule has 0 radical (unpaired) electrons. The molecule has 5 nitrogen and oxygen atoms in total. The average molecular weight is 278 g/mol. The van der Waals surface area contributed by atoms with E-state index in [1.807, 2.05) is 20.8 Å². The minimum absolute atomic E-state index is 0.120. The van der Waals surface area contributed by atoms with Crippen LogP contribution in [0.3, 0.4) is 0 Å². The molecule has 0 aliphatic heterocycles. The summed E-state index contributed by atoms with van der Waals surface area (Å²) in [5, 5.41) is 0. The molecule has 1 heterocycles. The van der Waals surface area contributed by atoms with Crippen molar-refractivity contribution in [3.8, 4) is 5.88 Å². The molecule has 108 valence electrons. The van der Waals surface area contributed by atoms with Crippen LogP contribution in [-0.2, 0) is 5.41 Å². The minimum atomic E-state index is -4.42. The lowest BCUT2D eigenvalue weighted by atomic mass is 9.95. The summed E-state index contributed by atoms with van der Waals surface area (Å²) in [6, 6.07) is 0. The molecule has 1 rings (SSSR count). The van der Waals surface area contributed by atoms with Gasteiger partial charge in [0.05, 0.1) is 5.56 Å². The number of halogens is 3. The summed E-state index contributed by atoms with van der Waals surface area (Å²) in [6.45, 7) is 5.65. The Balaban J connectivity index is 3.15. The Labute approximate surface area is 109 Å². The molecule has 0 spiro atoms. The zero-order valence-corrected chi connectivity index (χ0v) is 11.2. The molecule has 0 bridgehead atoms. The number of ether oxygens (including phenoxy) is 1. The Morgan fingerprint density at radius 2 is 1.79 bits per heavy atom. The largest absolute Gasteiger partial charge is 0.468 e. The van der Waals surface area contributed by atoms with Gasteiger partial charge in [0.1, 0.15) is 5.82 Å². The van der Waals surface area contributed by atoms with Crippen molar-refractivity contribution in [3.05, 3.63) is 11.4 Å². The molecule has 1 aromatic rings. The van der Waals surface area contributed by atoms with Crippen molar-refractivity contribution in [1.29, 1.82) is 0 Å². The van der Waals surface area contributed by atoms with E-state index in [1.165, 1.54) is 6.92 Å². The number of nitrogens with one attached hydrogen (secondary N) is 1. The van der Waals surface area contributed by atoms with Gasteiger partial charge in [-0.15, -0.1) is 0 Å². The third-order valence-corrected chi connectivity index (χ3v) is 2.28. The lowest BCUT2D eigenvalue weighted by Gasteiger charge is -2.20. The van der Waals surface area contributed by atoms with Crippen LogP contribution >= 0.6 is 0 Å². The van der Waals surface area contributed by atoms with Gasteiger partial charge < -0.3 is 10.2 Å². The van der Waals surface area contributed by atoms with Crippen molar-refractivity contribution in [3.63, 3.8) is 0 Å². The molecule has 1 aromatic heterocycles. The molecule has 0 aliphatic carbocycles. The van der Waals surface area contributed by atoms with Crippen LogP contribution in [0.15, 0.2) is 0 Å². The number of alkyl halides is 3. The highest BCUT2D eigenvalue weighted by atomic mass is 19.4. The van der Waals surface area contributed by atoms with E-state index in [0.717, 1.165) is 0 Å². The van der Waals surface area contributed by atoms with Crippen LogP contribution in [0.2, 0.25) is 0 Å². The lowest BCUT2D eigenvalue weighted by molar-refractivity contribution is -0.154. The second-order valence-electron chi connectivity index (χ2n) is 5.12. The maximum absolute atomic E-state index is 12.2. The number of aromatic nitrogens is 2. The Hall–Kier alpha value is -1.57. The van der Waals surface area contributed by atoms with Crippen molar-refractivity contribution >= 4 is 5.82 Å². The second kappa shape index (κ2) is 5.20. The minimum Gasteiger partial charge on any atom is -0.468 e. The number of nitrogens with two attached hydrogens (primary N) is 1. The summed E-state index contributed by atoms with van der Waals surface area (Å²) < 4.78 is 41.3. The van der Waals surface area contributed by atoms with E-state index < -0.39 is 18.2 Å². The van der Waals surface area contributed by atoms with Crippen molar-refractivity contribution in [2.45, 2.75) is 39.3 Å². The molecule has 0 atom stereocenters. The fourth-order valence-corrected chi connectivity index (χ4v) is 1.26. The molecule has 0 aliphatic rings. The number of hydrogen-bond donors (Lipinski definition) is 2. The Bertz CT molecular complexity index is 454. The van der Waals surface area contributed by atoms with E-state index in [0.29, 0.717) is 11.4 Å². The molecule has 8 heteroatoms. The van der Waals surface area contributed by atoms with Gasteiger partial charge >= 0.3 is 6.18 Å². The maximum atomic E-state index is 12.2. The first kappa shape index (κ1) is 15.5. The van der Waals surface area contributed by atoms with E-state index in [2.05, 4.69) is 15.4 Å². The third-order valence-electron chi connectivity index (χ3n) is 2.28. The highest BCUT2D eigenvalue weighted by molar-refractivity contribution is 5.48. The SMILES string of the molecule is Cc1c(NN)nc(C(C)(C)C)nc1OCC(F)(F)F. The molecule has 0 amide bonds. The molecule has 0 saturated carbocycles. The van der Waals surface area contributed by atoms with Crippen molar-refractivity contribution in [1.82, 2.24) is 9.97 Å². The van der Waals surface area contributed by atoms with E-state index in [4.69, 9.17) is 10.6 Å². The summed E-state index contributed by atoms with van der Waals surface area (Å²) in [6.07, 6.45) is -4.42. The maximum Gasteiger partial charge on any atom is 0.422 e. The quantitative estimate of drug-likeness (QED) is 0.655. The first-order valence-electron chi connectivity index (χ1n) is 5.60. The van der Waals surface area contributed by atoms with Gasteiger partial charge in [0.25, 0.3) is 0 Å². The van der Waals surface area contributed by atoms with Gasteiger partial charge in [-0.2, -0.15) is 18.2 Å². The highest BCUT2D eigenvalue weighted by Gasteiger charge is 2.30. The number of nitrogens with zero attached hydrogens (tertiary/aromatic N) is 2. The van der Waals surface area contributed by atoms with Gasteiger partial charge in [0.15, 0.2) is 12.4 Å². The summed E-state index contributed by atoms with van der Waals surface area (Å²) in [4.78, 5) is 8.18. The summed E-state index contributed by atoms with van der Waals surface area (Å²) >= 11 is 0. The van der Waals surface area contributed by atoms with Gasteiger partial charge in [0.2, 0.25) is 5.88 Å². The van der Waals surface area contributed by atoms with Gasteiger partial charge in [0, 0.05) is 5.41 Å². The summed E-state index contributed by atoms with van der Waals surface area (Å²) in [7, 11) is 0. The second-order valence-corrected chi connectivity index (χ2v) is 5.12. The van der Waals surface area contributed by atoms with Crippen LogP contribution in [0.5, 0.6) is 5.88 Å². The van der Waals surface area contributed by atoms with Gasteiger partial charge in [-0.1, -0.05) is 20.8 Å². The van der Waals surface area contributed by atoms with Crippen LogP contribution in [0.1, 0.15) is 32.2 Å². The van der Waals surface area contributed by atoms with Crippen LogP contribution in [-0.4, -0.2) is 22.8 Å². The van der Waals surface area contributed by atoms with Crippen LogP contribution < -0.4 is 16.0 Å². The molecule has 0 fully saturated rings. The zero-order valence-electron chi connectivity index (χ0n) is 11.2. The highest BCUT2D eigenvalue weighted by Crippen LogP contribution is 2.28. The molecule has 19 heavy (non-hydrogen) atoms. The van der Waals surface area contributed by atoms with E-state index in [1.54, 1.807) is 0 Å². The molecule has 0 unspecified atom stereocenters. The van der Waals surface area contributed by atoms with E-state index in [-0.39, 0.29) is 11.7 Å². The van der Waals surface area contributed by atoms with Crippen molar-refractivity contribution in [2.75, 3.05) is 12.0 Å². The number of hydrogen-bond acceptors (Lipinski definition) is 5. The monoisotopic (exact) mass is 278 g/mol. The smallest absolute Gasteiger partial charge is 0.422 e. The van der Waals surface area contributed by atoms with Crippen molar-refractivity contribution in [2.24, 2.45) is 5.84 Å². The van der Waals surface area contributed by atoms with Crippen LogP contribution in [0.25, 0.3) is 0 Å². The number of nitrogen functional groups attached to an aromatic ring is 1. The number of rotatable bonds is 3. The van der Waals surface area contributed by atoms with Gasteiger partial charge in [-0.05, 0) is 6.92 Å². The number of anilines is 1. The Morgan fingerprint density at radius 1 is 1.21 bits per heavy atom. The molecule has 0 aromatic carbocycles. The fraction of sp³-hybridized carbons (Fsp3) is 0.636. The van der Waals surface area contributed by atoms with Crippen LogP contribution in [0, 0.1) is 6.92 Å². The van der Waals surface area contributed by atoms with Crippen LogP contribution in [0.4, 0.5) is 19.0 Å². The van der Waals surface area contributed by atoms with E-state index in [9.17, 15) is 13.2 Å². The number of hydrazine groups is 1. The zero-order chi connectivity index (χ0) is 14.8. The fourth-order valence-electron chi connectivity index (χ4n) is 1.26. The van der Waals surface area contributed by atoms with Gasteiger partial charge in [-0.25, -0.2) is 10.8 Å². The standard InChI is InChI=1S/C11H17F3N4O/c1-6-7(18-15)16-9(10(2,3)4)17-8(6)19-5-11(12,13)14/h5,15H2,1-4H3,(H,16,17,18). The first-order valence-corrected chi connectivity index (χ1v) is 5.60. The summed E-state index contributed by atoms with van der Waals surface area (Å²) in [5.41, 5.74) is 2.23. The van der Waals surface area contributed by atoms with Gasteiger partial charge in [-0.3, -0.25) is 0 Å². The third kappa shape index (κ3) is 4.23. The Kier molecular flexibility index (Phi) is 4.24. The average Bonchev–Trinajstić information content (AvgIpc) is 2.25. The lowest BCUT2D eigenvalue weighted by Crippen LogP contribution is -2.23. The summed E-state index contributed by atoms with van der Waals surface area (Å²) in [5.74, 6) is 5.77. The molecule has 0 saturated heterocycles. The molecule has 3 N–H and O–H groups in total. The molecular formula is C11H17F3N4O. The first-order chi connectivity index (χ1) is 8.54. The predicted molar refractivity (Wildman–Crippen MR) is 64.8 cm³/mol. The Morgan fingerprint density at radius 3 is 2.21 bits per heavy atom. The normalized spacial score (nSPS) is 12.4. The van der Waals surface area contributed by atoms with E-state index >= 15 is 0 Å². The predicted octanol–water partition coefficient (Wildman–Crippen LogP) is 2.31.